The first-order chi connectivity index (χ1) is 11.9. The van der Waals surface area contributed by atoms with Crippen LogP contribution in [0.25, 0.3) is 0 Å². The molecule has 0 spiro atoms. The minimum Gasteiger partial charge on any atom is -0.478 e. The fourth-order valence-electron chi connectivity index (χ4n) is 3.45. The van der Waals surface area contributed by atoms with Crippen LogP contribution in [0.15, 0.2) is 55.1 Å². The molecule has 0 aliphatic carbocycles. The third-order valence-electron chi connectivity index (χ3n) is 4.53. The van der Waals surface area contributed by atoms with Crippen LogP contribution in [0.4, 0.5) is 0 Å². The molecule has 3 aromatic rings. The number of aryl methyl sites for hydroxylation is 3. The van der Waals surface area contributed by atoms with Gasteiger partial charge in [-0.15, -0.1) is 0 Å². The Morgan fingerprint density at radius 2 is 1.72 bits per heavy atom. The van der Waals surface area contributed by atoms with E-state index in [4.69, 9.17) is 0 Å². The van der Waals surface area contributed by atoms with Gasteiger partial charge in [0.1, 0.15) is 0 Å². The first kappa shape index (κ1) is 16.9. The van der Waals surface area contributed by atoms with Crippen LogP contribution < -0.4 is 0 Å². The number of imidazole rings is 1. The lowest BCUT2D eigenvalue weighted by atomic mass is 9.84. The molecule has 0 saturated heterocycles. The van der Waals surface area contributed by atoms with Crippen LogP contribution >= 0.6 is 0 Å². The number of aromatic nitrogens is 2. The Morgan fingerprint density at radius 1 is 1.08 bits per heavy atom. The maximum atomic E-state index is 11.9. The number of nitrogens with zero attached hydrogens (tertiary/aromatic N) is 2. The summed E-state index contributed by atoms with van der Waals surface area (Å²) in [6.45, 7) is 5.57. The molecule has 1 atom stereocenters. The van der Waals surface area contributed by atoms with Gasteiger partial charge in [-0.25, -0.2) is 9.78 Å². The van der Waals surface area contributed by atoms with E-state index >= 15 is 0 Å². The number of carboxylic acid groups (broad SMARTS) is 1. The fourth-order valence-corrected chi connectivity index (χ4v) is 3.45. The van der Waals surface area contributed by atoms with Crippen LogP contribution in [-0.4, -0.2) is 25.7 Å². The molecule has 5 heteroatoms. The smallest absolute Gasteiger partial charge is 0.335 e. The monoisotopic (exact) mass is 336 g/mol. The molecule has 0 aliphatic heterocycles. The number of hydrogen-bond acceptors (Lipinski definition) is 3. The number of carboxylic acids is 1. The van der Waals surface area contributed by atoms with Gasteiger partial charge in [0.05, 0.1) is 11.9 Å². The Bertz CT molecular complexity index is 909. The van der Waals surface area contributed by atoms with E-state index in [0.717, 1.165) is 11.1 Å². The largest absolute Gasteiger partial charge is 0.478 e. The van der Waals surface area contributed by atoms with Gasteiger partial charge >= 0.3 is 5.97 Å². The second-order valence-corrected chi connectivity index (χ2v) is 6.25. The van der Waals surface area contributed by atoms with Crippen molar-refractivity contribution in [2.45, 2.75) is 26.5 Å². The van der Waals surface area contributed by atoms with Crippen molar-refractivity contribution in [2.75, 3.05) is 0 Å². The second-order valence-electron chi connectivity index (χ2n) is 6.25. The molecule has 0 bridgehead atoms. The standard InChI is InChI=1S/C20H20N2O3/c1-13-6-4-5-7-17(13)20(25,22-9-8-21-12-22)18-14(2)10-16(19(23)24)11-15(18)3/h4-12,25H,1-3H3,(H,23,24)/t20-/m0/s1. The minimum atomic E-state index is -1.48. The molecule has 1 heterocycles. The van der Waals surface area contributed by atoms with E-state index in [1.807, 2.05) is 45.0 Å². The molecule has 0 unspecified atom stereocenters. The molecule has 0 fully saturated rings. The van der Waals surface area contributed by atoms with Crippen molar-refractivity contribution < 1.29 is 15.0 Å². The molecule has 0 saturated carbocycles. The highest BCUT2D eigenvalue weighted by atomic mass is 16.4. The first-order valence-electron chi connectivity index (χ1n) is 7.97. The van der Waals surface area contributed by atoms with Crippen molar-refractivity contribution in [1.82, 2.24) is 9.55 Å². The molecule has 0 amide bonds. The molecule has 128 valence electrons. The normalized spacial score (nSPS) is 13.4. The molecular weight excluding hydrogens is 316 g/mol. The fraction of sp³-hybridized carbons (Fsp3) is 0.200. The number of benzene rings is 2. The van der Waals surface area contributed by atoms with Crippen molar-refractivity contribution in [3.8, 4) is 0 Å². The van der Waals surface area contributed by atoms with Crippen molar-refractivity contribution in [3.63, 3.8) is 0 Å². The SMILES string of the molecule is Cc1ccccc1[C@](O)(c1c(C)cc(C(=O)O)cc1C)n1ccnc1. The van der Waals surface area contributed by atoms with Crippen molar-refractivity contribution >= 4 is 5.97 Å². The summed E-state index contributed by atoms with van der Waals surface area (Å²) in [7, 11) is 0. The van der Waals surface area contributed by atoms with Crippen molar-refractivity contribution in [1.29, 1.82) is 0 Å². The van der Waals surface area contributed by atoms with Gasteiger partial charge < -0.3 is 14.8 Å². The highest BCUT2D eigenvalue weighted by Crippen LogP contribution is 2.37. The number of hydrogen-bond donors (Lipinski definition) is 2. The van der Waals surface area contributed by atoms with Gasteiger partial charge in [0.25, 0.3) is 0 Å². The maximum absolute atomic E-state index is 11.9. The molecule has 2 N–H and O–H groups in total. The molecule has 0 aliphatic rings. The summed E-state index contributed by atoms with van der Waals surface area (Å²) in [6, 6.07) is 10.8. The van der Waals surface area contributed by atoms with E-state index in [2.05, 4.69) is 4.98 Å². The number of aromatic carboxylic acids is 1. The Balaban J connectivity index is 2.35. The summed E-state index contributed by atoms with van der Waals surface area (Å²) in [5.74, 6) is -0.986. The molecular formula is C20H20N2O3. The molecule has 5 nitrogen and oxygen atoms in total. The van der Waals surface area contributed by atoms with Gasteiger partial charge in [0.15, 0.2) is 5.72 Å². The van der Waals surface area contributed by atoms with Crippen LogP contribution in [0.3, 0.4) is 0 Å². The van der Waals surface area contributed by atoms with Gasteiger partial charge in [0.2, 0.25) is 0 Å². The average Bonchev–Trinajstić information content (AvgIpc) is 3.09. The van der Waals surface area contributed by atoms with Gasteiger partial charge in [-0.1, -0.05) is 24.3 Å². The molecule has 0 radical (unpaired) electrons. The lowest BCUT2D eigenvalue weighted by Crippen LogP contribution is -2.37. The Hall–Kier alpha value is -2.92. The highest BCUT2D eigenvalue weighted by molar-refractivity contribution is 5.88. The summed E-state index contributed by atoms with van der Waals surface area (Å²) in [6.07, 6.45) is 4.88. The lowest BCUT2D eigenvalue weighted by Gasteiger charge is -2.34. The predicted octanol–water partition coefficient (Wildman–Crippen LogP) is 3.25. The maximum Gasteiger partial charge on any atom is 0.335 e. The van der Waals surface area contributed by atoms with Gasteiger partial charge in [-0.2, -0.15) is 0 Å². The van der Waals surface area contributed by atoms with Gasteiger partial charge in [-0.3, -0.25) is 0 Å². The first-order valence-corrected chi connectivity index (χ1v) is 7.97. The second kappa shape index (κ2) is 6.18. The predicted molar refractivity (Wildman–Crippen MR) is 94.7 cm³/mol. The Morgan fingerprint density at radius 3 is 2.24 bits per heavy atom. The summed E-state index contributed by atoms with van der Waals surface area (Å²) >= 11 is 0. The molecule has 25 heavy (non-hydrogen) atoms. The average molecular weight is 336 g/mol. The van der Waals surface area contributed by atoms with Crippen LogP contribution in [-0.2, 0) is 5.72 Å². The lowest BCUT2D eigenvalue weighted by molar-refractivity contribution is 0.0465. The number of aliphatic hydroxyl groups is 1. The van der Waals surface area contributed by atoms with Crippen LogP contribution in [0, 0.1) is 20.8 Å². The minimum absolute atomic E-state index is 0.205. The van der Waals surface area contributed by atoms with Crippen LogP contribution in [0.1, 0.15) is 38.2 Å². The zero-order valence-electron chi connectivity index (χ0n) is 14.4. The van der Waals surface area contributed by atoms with E-state index in [-0.39, 0.29) is 5.56 Å². The van der Waals surface area contributed by atoms with E-state index in [0.29, 0.717) is 16.7 Å². The third kappa shape index (κ3) is 2.72. The number of rotatable bonds is 4. The number of carbonyl (C=O) groups is 1. The van der Waals surface area contributed by atoms with Gasteiger partial charge in [0, 0.05) is 23.5 Å². The van der Waals surface area contributed by atoms with E-state index in [1.54, 1.807) is 35.4 Å². The van der Waals surface area contributed by atoms with E-state index < -0.39 is 11.7 Å². The van der Waals surface area contributed by atoms with Crippen LogP contribution in [0.5, 0.6) is 0 Å². The Labute approximate surface area is 146 Å². The van der Waals surface area contributed by atoms with Crippen LogP contribution in [0.2, 0.25) is 0 Å². The van der Waals surface area contributed by atoms with Gasteiger partial charge in [-0.05, 0) is 49.6 Å². The Kier molecular flexibility index (Phi) is 4.18. The highest BCUT2D eigenvalue weighted by Gasteiger charge is 2.37. The van der Waals surface area contributed by atoms with E-state index in [1.165, 1.54) is 0 Å². The van der Waals surface area contributed by atoms with Crippen molar-refractivity contribution in [3.05, 3.63) is 88.5 Å². The third-order valence-corrected chi connectivity index (χ3v) is 4.53. The van der Waals surface area contributed by atoms with Crippen molar-refractivity contribution in [2.24, 2.45) is 0 Å². The quantitative estimate of drug-likeness (QED) is 0.767. The van der Waals surface area contributed by atoms with E-state index in [9.17, 15) is 15.0 Å². The summed E-state index contributed by atoms with van der Waals surface area (Å²) in [5.41, 5.74) is 2.45. The summed E-state index contributed by atoms with van der Waals surface area (Å²) in [5, 5.41) is 21.2. The molecule has 3 rings (SSSR count). The summed E-state index contributed by atoms with van der Waals surface area (Å²) < 4.78 is 1.64. The summed E-state index contributed by atoms with van der Waals surface area (Å²) in [4.78, 5) is 15.4. The zero-order valence-corrected chi connectivity index (χ0v) is 14.4. The zero-order chi connectivity index (χ0) is 18.2. The molecule has 1 aromatic heterocycles. The molecule has 2 aromatic carbocycles. The topological polar surface area (TPSA) is 75.3 Å².